The van der Waals surface area contributed by atoms with Gasteiger partial charge in [0.1, 0.15) is 0 Å². The van der Waals surface area contributed by atoms with Gasteiger partial charge in [-0.25, -0.2) is 0 Å². The van der Waals surface area contributed by atoms with Crippen LogP contribution in [-0.2, 0) is 13.3 Å². The summed E-state index contributed by atoms with van der Waals surface area (Å²) in [5.74, 6) is 0. The second-order valence-corrected chi connectivity index (χ2v) is 15.8. The van der Waals surface area contributed by atoms with Crippen LogP contribution in [0.4, 0.5) is 0 Å². The first kappa shape index (κ1) is 26.3. The van der Waals surface area contributed by atoms with Crippen molar-refractivity contribution in [1.82, 2.24) is 4.90 Å². The van der Waals surface area contributed by atoms with Crippen molar-refractivity contribution >= 4 is 17.6 Å². The largest absolute Gasteiger partial charge is 0.500 e. The van der Waals surface area contributed by atoms with Crippen molar-refractivity contribution < 1.29 is 13.3 Å². The van der Waals surface area contributed by atoms with Crippen molar-refractivity contribution in [3.8, 4) is 0 Å². The summed E-state index contributed by atoms with van der Waals surface area (Å²) in [5, 5.41) is 0. The maximum atomic E-state index is 6.51. The van der Waals surface area contributed by atoms with Gasteiger partial charge in [0, 0.05) is 36.6 Å². The maximum Gasteiger partial charge on any atom is 0.500 e. The van der Waals surface area contributed by atoms with Crippen LogP contribution in [-0.4, -0.2) is 59.6 Å². The number of hydrogen-bond acceptors (Lipinski definition) is 4. The molecule has 1 fully saturated rings. The fourth-order valence-electron chi connectivity index (χ4n) is 4.25. The van der Waals surface area contributed by atoms with Crippen LogP contribution < -0.4 is 0 Å². The van der Waals surface area contributed by atoms with E-state index in [9.17, 15) is 0 Å². The molecular weight excluding hydrogens is 382 g/mol. The van der Waals surface area contributed by atoms with E-state index in [1.54, 1.807) is 0 Å². The topological polar surface area (TPSA) is 30.9 Å². The summed E-state index contributed by atoms with van der Waals surface area (Å²) in [6.45, 7) is 20.7. The Labute approximate surface area is 178 Å². The van der Waals surface area contributed by atoms with Crippen LogP contribution in [0.1, 0.15) is 86.5 Å². The van der Waals surface area contributed by atoms with Crippen LogP contribution >= 0.6 is 0 Å². The summed E-state index contributed by atoms with van der Waals surface area (Å²) in [4.78, 5) is 2.77. The van der Waals surface area contributed by atoms with E-state index >= 15 is 0 Å². The zero-order chi connectivity index (χ0) is 21.2. The Morgan fingerprint density at radius 3 is 2.04 bits per heavy atom. The van der Waals surface area contributed by atoms with Crippen LogP contribution in [0.15, 0.2) is 0 Å². The fourth-order valence-corrected chi connectivity index (χ4v) is 8.72. The Kier molecular flexibility index (Phi) is 12.1. The quantitative estimate of drug-likeness (QED) is 0.279. The molecule has 0 aromatic rings. The lowest BCUT2D eigenvalue weighted by atomic mass is 9.90. The van der Waals surface area contributed by atoms with Gasteiger partial charge in [-0.05, 0) is 73.8 Å². The molecule has 0 saturated heterocycles. The number of nitrogens with zero attached hydrogens (tertiary/aromatic N) is 1. The zero-order valence-electron chi connectivity index (χ0n) is 20.2. The van der Waals surface area contributed by atoms with Crippen molar-refractivity contribution in [3.63, 3.8) is 0 Å². The minimum atomic E-state index is -2.56. The third-order valence-corrected chi connectivity index (χ3v) is 11.5. The average molecular weight is 432 g/mol. The maximum absolute atomic E-state index is 6.51. The van der Waals surface area contributed by atoms with Gasteiger partial charge in [0.25, 0.3) is 0 Å². The highest BCUT2D eigenvalue weighted by molar-refractivity contribution is 6.63. The van der Waals surface area contributed by atoms with Gasteiger partial charge in [0.05, 0.1) is 8.80 Å². The highest BCUT2D eigenvalue weighted by atomic mass is 28.4. The van der Waals surface area contributed by atoms with Gasteiger partial charge in [0.2, 0.25) is 0 Å². The Balaban J connectivity index is 2.66. The monoisotopic (exact) mass is 431 g/mol. The summed E-state index contributed by atoms with van der Waals surface area (Å²) in [6, 6.07) is 1.71. The SMILES string of the molecule is CCO[Si](CCCCN(C1CCCCC1)C(C)(C)C)(OCC)OC(C)[SiH](C)C. The zero-order valence-corrected chi connectivity index (χ0v) is 22.3. The van der Waals surface area contributed by atoms with Crippen molar-refractivity contribution in [2.45, 2.75) is 123 Å². The second kappa shape index (κ2) is 12.9. The van der Waals surface area contributed by atoms with E-state index in [2.05, 4.69) is 59.5 Å². The molecule has 0 aromatic carbocycles. The minimum Gasteiger partial charge on any atom is -0.374 e. The van der Waals surface area contributed by atoms with E-state index in [1.165, 1.54) is 45.1 Å². The molecule has 0 aliphatic heterocycles. The number of rotatable bonds is 13. The molecule has 1 aliphatic rings. The molecule has 168 valence electrons. The van der Waals surface area contributed by atoms with E-state index in [1.807, 2.05) is 0 Å². The first-order chi connectivity index (χ1) is 13.1. The normalized spacial score (nSPS) is 18.2. The minimum absolute atomic E-state index is 0.241. The summed E-state index contributed by atoms with van der Waals surface area (Å²) < 4.78 is 18.9. The van der Waals surface area contributed by atoms with Crippen molar-refractivity contribution in [2.75, 3.05) is 19.8 Å². The smallest absolute Gasteiger partial charge is 0.374 e. The first-order valence-corrected chi connectivity index (χ1v) is 16.8. The van der Waals surface area contributed by atoms with E-state index in [0.29, 0.717) is 18.9 Å². The second-order valence-electron chi connectivity index (χ2n) is 9.73. The van der Waals surface area contributed by atoms with E-state index < -0.39 is 17.6 Å². The molecule has 0 heterocycles. The highest BCUT2D eigenvalue weighted by Crippen LogP contribution is 2.29. The van der Waals surface area contributed by atoms with Crippen LogP contribution in [0, 0.1) is 0 Å². The Bertz CT molecular complexity index is 403. The number of unbranched alkanes of at least 4 members (excludes halogenated alkanes) is 1. The molecule has 0 N–H and O–H groups in total. The van der Waals surface area contributed by atoms with Crippen molar-refractivity contribution in [3.05, 3.63) is 0 Å². The summed E-state index contributed by atoms with van der Waals surface area (Å²) in [5.41, 5.74) is 0.544. The van der Waals surface area contributed by atoms with Gasteiger partial charge < -0.3 is 13.3 Å². The fraction of sp³-hybridized carbons (Fsp3) is 1.00. The van der Waals surface area contributed by atoms with E-state index in [4.69, 9.17) is 13.3 Å². The van der Waals surface area contributed by atoms with Crippen LogP contribution in [0.2, 0.25) is 19.1 Å². The first-order valence-electron chi connectivity index (χ1n) is 11.9. The molecule has 1 aliphatic carbocycles. The summed E-state index contributed by atoms with van der Waals surface area (Å²) in [7, 11) is -3.43. The molecule has 1 unspecified atom stereocenters. The van der Waals surface area contributed by atoms with Gasteiger partial charge in [0.15, 0.2) is 0 Å². The van der Waals surface area contributed by atoms with Crippen molar-refractivity contribution in [1.29, 1.82) is 0 Å². The third kappa shape index (κ3) is 8.96. The van der Waals surface area contributed by atoms with Crippen LogP contribution in [0.5, 0.6) is 0 Å². The van der Waals surface area contributed by atoms with Gasteiger partial charge in [-0.2, -0.15) is 0 Å². The molecule has 0 amide bonds. The molecule has 0 radical (unpaired) electrons. The molecule has 28 heavy (non-hydrogen) atoms. The van der Waals surface area contributed by atoms with Crippen molar-refractivity contribution in [2.24, 2.45) is 0 Å². The molecule has 1 rings (SSSR count). The summed E-state index contributed by atoms with van der Waals surface area (Å²) in [6.07, 6.45) is 9.26. The molecular formula is C22H49NO3Si2. The van der Waals surface area contributed by atoms with Gasteiger partial charge in [-0.15, -0.1) is 0 Å². The standard InChI is InChI=1S/C22H49NO3Si2/c1-9-24-28(25-10-2,26-20(3)27(7)8)19-15-14-18-23(22(4,5)6)21-16-12-11-13-17-21/h20-21,27H,9-19H2,1-8H3. The van der Waals surface area contributed by atoms with Crippen LogP contribution in [0.3, 0.4) is 0 Å². The molecule has 1 atom stereocenters. The lowest BCUT2D eigenvalue weighted by molar-refractivity contribution is 0.0520. The Hall–Kier alpha value is 0.274. The molecule has 0 bridgehead atoms. The molecule has 6 heteroatoms. The van der Waals surface area contributed by atoms with E-state index in [0.717, 1.165) is 18.5 Å². The third-order valence-electron chi connectivity index (χ3n) is 6.04. The predicted molar refractivity (Wildman–Crippen MR) is 126 cm³/mol. The highest BCUT2D eigenvalue weighted by Gasteiger charge is 2.42. The number of hydrogen-bond donors (Lipinski definition) is 0. The lowest BCUT2D eigenvalue weighted by Gasteiger charge is -2.43. The van der Waals surface area contributed by atoms with Gasteiger partial charge in [-0.1, -0.05) is 32.4 Å². The average Bonchev–Trinajstić information content (AvgIpc) is 2.61. The Morgan fingerprint density at radius 2 is 1.57 bits per heavy atom. The van der Waals surface area contributed by atoms with Gasteiger partial charge >= 0.3 is 8.80 Å². The van der Waals surface area contributed by atoms with E-state index in [-0.39, 0.29) is 5.54 Å². The Morgan fingerprint density at radius 1 is 1.00 bits per heavy atom. The molecule has 4 nitrogen and oxygen atoms in total. The van der Waals surface area contributed by atoms with Gasteiger partial charge in [-0.3, -0.25) is 4.90 Å². The predicted octanol–water partition coefficient (Wildman–Crippen LogP) is 5.64. The summed E-state index contributed by atoms with van der Waals surface area (Å²) >= 11 is 0. The van der Waals surface area contributed by atoms with Crippen LogP contribution in [0.25, 0.3) is 0 Å². The molecule has 1 saturated carbocycles. The lowest BCUT2D eigenvalue weighted by Crippen LogP contribution is -2.51. The molecule has 0 aromatic heterocycles. The molecule has 0 spiro atoms.